The van der Waals surface area contributed by atoms with Crippen molar-refractivity contribution in [2.45, 2.75) is 50.9 Å². The van der Waals surface area contributed by atoms with E-state index in [9.17, 15) is 4.79 Å². The molecule has 1 amide bonds. The van der Waals surface area contributed by atoms with Crippen LogP contribution in [0.3, 0.4) is 0 Å². The summed E-state index contributed by atoms with van der Waals surface area (Å²) < 4.78 is 2.09. The largest absolute Gasteiger partial charge is 0.353 e. The molecule has 0 radical (unpaired) electrons. The Bertz CT molecular complexity index is 896. The minimum atomic E-state index is 0.0332. The summed E-state index contributed by atoms with van der Waals surface area (Å²) in [6, 6.07) is 20.7. The molecule has 6 heteroatoms. The van der Waals surface area contributed by atoms with E-state index in [-0.39, 0.29) is 11.9 Å². The van der Waals surface area contributed by atoms with Crippen molar-refractivity contribution in [2.75, 3.05) is 5.75 Å². The Hall–Kier alpha value is -2.60. The first kappa shape index (κ1) is 21.1. The molecule has 2 aromatic carbocycles. The number of carbonyl (C=O) groups is 1. The van der Waals surface area contributed by atoms with Crippen molar-refractivity contribution in [2.24, 2.45) is 0 Å². The molecule has 1 atom stereocenters. The van der Waals surface area contributed by atoms with Gasteiger partial charge in [0.2, 0.25) is 5.91 Å². The normalized spacial score (nSPS) is 11.9. The van der Waals surface area contributed by atoms with Gasteiger partial charge in [0.25, 0.3) is 0 Å². The first-order valence-corrected chi connectivity index (χ1v) is 11.1. The van der Waals surface area contributed by atoms with E-state index < -0.39 is 0 Å². The zero-order valence-electron chi connectivity index (χ0n) is 17.0. The molecule has 1 aromatic heterocycles. The third kappa shape index (κ3) is 6.46. The van der Waals surface area contributed by atoms with Crippen LogP contribution in [0.4, 0.5) is 0 Å². The molecular weight excluding hydrogens is 380 g/mol. The quantitative estimate of drug-likeness (QED) is 0.513. The van der Waals surface area contributed by atoms with E-state index >= 15 is 0 Å². The van der Waals surface area contributed by atoms with Crippen molar-refractivity contribution in [3.8, 4) is 0 Å². The summed E-state index contributed by atoms with van der Waals surface area (Å²) in [5.74, 6) is 1.31. The third-order valence-electron chi connectivity index (χ3n) is 4.76. The molecule has 29 heavy (non-hydrogen) atoms. The predicted octanol–water partition coefficient (Wildman–Crippen LogP) is 4.12. The molecule has 5 nitrogen and oxygen atoms in total. The SMILES string of the molecule is CCn1c(Cc2ccccc2)nnc1SCC(=O)NC(C)CCc1ccccc1. The average Bonchev–Trinajstić information content (AvgIpc) is 3.13. The van der Waals surface area contributed by atoms with E-state index in [2.05, 4.69) is 58.2 Å². The summed E-state index contributed by atoms with van der Waals surface area (Å²) in [5.41, 5.74) is 2.50. The van der Waals surface area contributed by atoms with Gasteiger partial charge in [0.05, 0.1) is 5.75 Å². The Morgan fingerprint density at radius 3 is 2.34 bits per heavy atom. The molecular formula is C23H28N4OS. The van der Waals surface area contributed by atoms with E-state index in [0.29, 0.717) is 5.75 Å². The van der Waals surface area contributed by atoms with Crippen LogP contribution in [0.2, 0.25) is 0 Å². The summed E-state index contributed by atoms with van der Waals surface area (Å²) in [6.45, 7) is 4.91. The molecule has 0 bridgehead atoms. The smallest absolute Gasteiger partial charge is 0.230 e. The lowest BCUT2D eigenvalue weighted by atomic mass is 10.1. The van der Waals surface area contributed by atoms with Gasteiger partial charge in [-0.05, 0) is 37.8 Å². The number of nitrogens with zero attached hydrogens (tertiary/aromatic N) is 3. The number of aryl methyl sites for hydroxylation is 1. The summed E-state index contributed by atoms with van der Waals surface area (Å²) >= 11 is 1.44. The molecule has 0 aliphatic carbocycles. The van der Waals surface area contributed by atoms with Crippen molar-refractivity contribution in [1.82, 2.24) is 20.1 Å². The predicted molar refractivity (Wildman–Crippen MR) is 118 cm³/mol. The molecule has 1 heterocycles. The molecule has 0 aliphatic heterocycles. The summed E-state index contributed by atoms with van der Waals surface area (Å²) in [6.07, 6.45) is 2.63. The molecule has 0 spiro atoms. The maximum Gasteiger partial charge on any atom is 0.230 e. The second kappa shape index (κ2) is 10.8. The monoisotopic (exact) mass is 408 g/mol. The van der Waals surface area contributed by atoms with E-state index in [4.69, 9.17) is 0 Å². The number of carbonyl (C=O) groups excluding carboxylic acids is 1. The standard InChI is InChI=1S/C23H28N4OS/c1-3-27-21(16-20-12-8-5-9-13-20)25-26-23(27)29-17-22(28)24-18(2)14-15-19-10-6-4-7-11-19/h4-13,18H,3,14-17H2,1-2H3,(H,24,28). The average molecular weight is 409 g/mol. The van der Waals surface area contributed by atoms with Crippen LogP contribution in [0.25, 0.3) is 0 Å². The van der Waals surface area contributed by atoms with Gasteiger partial charge in [-0.2, -0.15) is 0 Å². The highest BCUT2D eigenvalue weighted by Crippen LogP contribution is 2.19. The van der Waals surface area contributed by atoms with Gasteiger partial charge in [0.15, 0.2) is 5.16 Å². The fourth-order valence-corrected chi connectivity index (χ4v) is 4.03. The molecule has 0 saturated heterocycles. The van der Waals surface area contributed by atoms with Crippen molar-refractivity contribution in [3.63, 3.8) is 0 Å². The summed E-state index contributed by atoms with van der Waals surface area (Å²) in [5, 5.41) is 12.5. The van der Waals surface area contributed by atoms with Gasteiger partial charge >= 0.3 is 0 Å². The van der Waals surface area contributed by atoms with Crippen LogP contribution < -0.4 is 5.32 Å². The second-order valence-corrected chi connectivity index (χ2v) is 8.03. The van der Waals surface area contributed by atoms with Gasteiger partial charge in [-0.15, -0.1) is 10.2 Å². The zero-order valence-corrected chi connectivity index (χ0v) is 17.9. The summed E-state index contributed by atoms with van der Waals surface area (Å²) in [4.78, 5) is 12.3. The highest BCUT2D eigenvalue weighted by atomic mass is 32.2. The van der Waals surface area contributed by atoms with Crippen LogP contribution in [-0.2, 0) is 24.2 Å². The fraction of sp³-hybridized carbons (Fsp3) is 0.348. The van der Waals surface area contributed by atoms with Crippen LogP contribution >= 0.6 is 11.8 Å². The van der Waals surface area contributed by atoms with Crippen molar-refractivity contribution >= 4 is 17.7 Å². The minimum absolute atomic E-state index is 0.0332. The topological polar surface area (TPSA) is 59.8 Å². The van der Waals surface area contributed by atoms with Gasteiger partial charge in [-0.1, -0.05) is 72.4 Å². The fourth-order valence-electron chi connectivity index (χ4n) is 3.20. The first-order valence-electron chi connectivity index (χ1n) is 10.1. The number of hydrogen-bond acceptors (Lipinski definition) is 4. The van der Waals surface area contributed by atoms with Crippen molar-refractivity contribution in [1.29, 1.82) is 0 Å². The van der Waals surface area contributed by atoms with E-state index in [1.807, 2.05) is 36.4 Å². The van der Waals surface area contributed by atoms with E-state index in [1.165, 1.54) is 22.9 Å². The number of nitrogens with one attached hydrogen (secondary N) is 1. The van der Waals surface area contributed by atoms with Crippen LogP contribution in [0, 0.1) is 0 Å². The van der Waals surface area contributed by atoms with Gasteiger partial charge in [-0.3, -0.25) is 4.79 Å². The van der Waals surface area contributed by atoms with E-state index in [1.54, 1.807) is 0 Å². The van der Waals surface area contributed by atoms with Crippen LogP contribution in [0.15, 0.2) is 65.8 Å². The van der Waals surface area contributed by atoms with Crippen LogP contribution in [0.5, 0.6) is 0 Å². The number of rotatable bonds is 10. The zero-order chi connectivity index (χ0) is 20.5. The second-order valence-electron chi connectivity index (χ2n) is 7.09. The molecule has 152 valence electrons. The Morgan fingerprint density at radius 1 is 1.03 bits per heavy atom. The lowest BCUT2D eigenvalue weighted by Crippen LogP contribution is -2.34. The lowest BCUT2D eigenvalue weighted by molar-refractivity contribution is -0.119. The molecule has 1 unspecified atom stereocenters. The molecule has 3 rings (SSSR count). The van der Waals surface area contributed by atoms with E-state index in [0.717, 1.165) is 36.8 Å². The maximum atomic E-state index is 12.3. The van der Waals surface area contributed by atoms with Crippen LogP contribution in [0.1, 0.15) is 37.2 Å². The van der Waals surface area contributed by atoms with Gasteiger partial charge in [0, 0.05) is 19.0 Å². The Kier molecular flexibility index (Phi) is 7.87. The van der Waals surface area contributed by atoms with Gasteiger partial charge in [-0.25, -0.2) is 0 Å². The third-order valence-corrected chi connectivity index (χ3v) is 5.73. The number of thioether (sulfide) groups is 1. The van der Waals surface area contributed by atoms with Gasteiger partial charge in [0.1, 0.15) is 5.82 Å². The van der Waals surface area contributed by atoms with Crippen molar-refractivity contribution in [3.05, 3.63) is 77.6 Å². The molecule has 1 N–H and O–H groups in total. The van der Waals surface area contributed by atoms with Crippen molar-refractivity contribution < 1.29 is 4.79 Å². The van der Waals surface area contributed by atoms with Crippen LogP contribution in [-0.4, -0.2) is 32.5 Å². The van der Waals surface area contributed by atoms with Gasteiger partial charge < -0.3 is 9.88 Å². The Labute approximate surface area is 176 Å². The minimum Gasteiger partial charge on any atom is -0.353 e. The highest BCUT2D eigenvalue weighted by molar-refractivity contribution is 7.99. The molecule has 0 fully saturated rings. The lowest BCUT2D eigenvalue weighted by Gasteiger charge is -2.14. The number of amides is 1. The molecule has 3 aromatic rings. The maximum absolute atomic E-state index is 12.3. The molecule has 0 aliphatic rings. The first-order chi connectivity index (χ1) is 14.2. The number of benzene rings is 2. The Balaban J connectivity index is 1.48. The Morgan fingerprint density at radius 2 is 1.69 bits per heavy atom. The summed E-state index contributed by atoms with van der Waals surface area (Å²) in [7, 11) is 0. The molecule has 0 saturated carbocycles. The number of aromatic nitrogens is 3. The highest BCUT2D eigenvalue weighted by Gasteiger charge is 2.14. The number of hydrogen-bond donors (Lipinski definition) is 1.